The molecule has 0 saturated carbocycles. The van der Waals surface area contributed by atoms with Crippen LogP contribution in [0.2, 0.25) is 0 Å². The molecule has 0 unspecified atom stereocenters. The second kappa shape index (κ2) is 9.89. The summed E-state index contributed by atoms with van der Waals surface area (Å²) >= 11 is 0. The number of hydrogen-bond acceptors (Lipinski definition) is 5. The molecule has 1 heterocycles. The zero-order valence-corrected chi connectivity index (χ0v) is 15.8. The van der Waals surface area contributed by atoms with Crippen LogP contribution in [0.15, 0.2) is 24.3 Å². The van der Waals surface area contributed by atoms with E-state index < -0.39 is 0 Å². The lowest BCUT2D eigenvalue weighted by Gasteiger charge is -2.22. The SMILES string of the molecule is COc1ccccc1OCC(=O)N1CCCN(C(=O)OCC(C)C)CC1. The lowest BCUT2D eigenvalue weighted by molar-refractivity contribution is -0.133. The molecular formula is C19H28N2O5. The highest BCUT2D eigenvalue weighted by molar-refractivity contribution is 5.78. The number of hydrogen-bond donors (Lipinski definition) is 0. The van der Waals surface area contributed by atoms with Gasteiger partial charge in [0.25, 0.3) is 5.91 Å². The molecule has 26 heavy (non-hydrogen) atoms. The Kier molecular flexibility index (Phi) is 7.56. The van der Waals surface area contributed by atoms with E-state index in [9.17, 15) is 9.59 Å². The van der Waals surface area contributed by atoms with Crippen molar-refractivity contribution < 1.29 is 23.8 Å². The van der Waals surface area contributed by atoms with Crippen LogP contribution in [0.3, 0.4) is 0 Å². The number of methoxy groups -OCH3 is 1. The fraction of sp³-hybridized carbons (Fsp3) is 0.579. The number of para-hydroxylation sites is 2. The van der Waals surface area contributed by atoms with E-state index >= 15 is 0 Å². The number of ether oxygens (including phenoxy) is 3. The van der Waals surface area contributed by atoms with Crippen LogP contribution < -0.4 is 9.47 Å². The number of rotatable bonds is 6. The Morgan fingerprint density at radius 2 is 1.69 bits per heavy atom. The van der Waals surface area contributed by atoms with Gasteiger partial charge in [0, 0.05) is 26.2 Å². The molecule has 1 fully saturated rings. The van der Waals surface area contributed by atoms with Crippen LogP contribution in [0, 0.1) is 5.92 Å². The number of carbonyl (C=O) groups excluding carboxylic acids is 2. The van der Waals surface area contributed by atoms with Gasteiger partial charge in [-0.3, -0.25) is 4.79 Å². The summed E-state index contributed by atoms with van der Waals surface area (Å²) in [7, 11) is 1.56. The van der Waals surface area contributed by atoms with Gasteiger partial charge < -0.3 is 24.0 Å². The van der Waals surface area contributed by atoms with E-state index in [2.05, 4.69) is 0 Å². The molecule has 144 valence electrons. The van der Waals surface area contributed by atoms with Crippen molar-refractivity contribution in [2.75, 3.05) is 46.5 Å². The Hall–Kier alpha value is -2.44. The van der Waals surface area contributed by atoms with E-state index in [0.717, 1.165) is 6.42 Å². The maximum atomic E-state index is 12.4. The van der Waals surface area contributed by atoms with Crippen LogP contribution in [-0.2, 0) is 9.53 Å². The minimum absolute atomic E-state index is 0.0574. The largest absolute Gasteiger partial charge is 0.493 e. The Labute approximate surface area is 154 Å². The normalized spacial score (nSPS) is 14.8. The minimum atomic E-state index is -0.307. The Morgan fingerprint density at radius 3 is 2.38 bits per heavy atom. The van der Waals surface area contributed by atoms with Crippen molar-refractivity contribution in [3.63, 3.8) is 0 Å². The van der Waals surface area contributed by atoms with E-state index in [1.807, 2.05) is 26.0 Å². The standard InChI is InChI=1S/C19H28N2O5/c1-15(2)13-26-19(23)21-10-6-9-20(11-12-21)18(22)14-25-17-8-5-4-7-16(17)24-3/h4-5,7-8,15H,6,9-14H2,1-3H3. The van der Waals surface area contributed by atoms with Crippen molar-refractivity contribution in [2.24, 2.45) is 5.92 Å². The lowest BCUT2D eigenvalue weighted by atomic mass is 10.2. The third-order valence-corrected chi connectivity index (χ3v) is 4.07. The molecule has 0 aliphatic carbocycles. The summed E-state index contributed by atoms with van der Waals surface area (Å²) in [5, 5.41) is 0. The van der Waals surface area contributed by atoms with Crippen molar-refractivity contribution in [1.82, 2.24) is 9.80 Å². The first-order valence-corrected chi connectivity index (χ1v) is 8.96. The van der Waals surface area contributed by atoms with Gasteiger partial charge in [0.05, 0.1) is 13.7 Å². The average molecular weight is 364 g/mol. The van der Waals surface area contributed by atoms with Gasteiger partial charge in [0.1, 0.15) is 0 Å². The lowest BCUT2D eigenvalue weighted by Crippen LogP contribution is -2.39. The highest BCUT2D eigenvalue weighted by atomic mass is 16.6. The summed E-state index contributed by atoms with van der Waals surface area (Å²) in [6, 6.07) is 7.22. The van der Waals surface area contributed by atoms with E-state index in [1.54, 1.807) is 29.0 Å². The van der Waals surface area contributed by atoms with Crippen LogP contribution in [0.4, 0.5) is 4.79 Å². The fourth-order valence-corrected chi connectivity index (χ4v) is 2.65. The topological polar surface area (TPSA) is 68.3 Å². The van der Waals surface area contributed by atoms with E-state index in [-0.39, 0.29) is 18.6 Å². The third-order valence-electron chi connectivity index (χ3n) is 4.07. The Morgan fingerprint density at radius 1 is 1.04 bits per heavy atom. The van der Waals surface area contributed by atoms with Crippen molar-refractivity contribution >= 4 is 12.0 Å². The summed E-state index contributed by atoms with van der Waals surface area (Å²) in [6.45, 7) is 6.48. The van der Waals surface area contributed by atoms with Crippen LogP contribution >= 0.6 is 0 Å². The average Bonchev–Trinajstić information content (AvgIpc) is 2.90. The first-order chi connectivity index (χ1) is 12.5. The zero-order chi connectivity index (χ0) is 18.9. The minimum Gasteiger partial charge on any atom is -0.493 e. The molecule has 7 heteroatoms. The monoisotopic (exact) mass is 364 g/mol. The maximum absolute atomic E-state index is 12.4. The van der Waals surface area contributed by atoms with Crippen molar-refractivity contribution in [3.05, 3.63) is 24.3 Å². The molecule has 2 rings (SSSR count). The number of nitrogens with zero attached hydrogens (tertiary/aromatic N) is 2. The molecule has 1 aromatic rings. The number of carbonyl (C=O) groups is 2. The predicted octanol–water partition coefficient (Wildman–Crippen LogP) is 2.40. The van der Waals surface area contributed by atoms with Crippen LogP contribution in [0.1, 0.15) is 20.3 Å². The van der Waals surface area contributed by atoms with Crippen LogP contribution in [0.5, 0.6) is 11.5 Å². The van der Waals surface area contributed by atoms with Gasteiger partial charge >= 0.3 is 6.09 Å². The summed E-state index contributed by atoms with van der Waals surface area (Å²) in [6.07, 6.45) is 0.412. The second-order valence-corrected chi connectivity index (χ2v) is 6.63. The van der Waals surface area contributed by atoms with Gasteiger partial charge in [-0.05, 0) is 24.5 Å². The van der Waals surface area contributed by atoms with Gasteiger partial charge in [-0.25, -0.2) is 4.79 Å². The summed E-state index contributed by atoms with van der Waals surface area (Å²) in [4.78, 5) is 27.9. The predicted molar refractivity (Wildman–Crippen MR) is 97.4 cm³/mol. The number of benzene rings is 1. The van der Waals surface area contributed by atoms with Crippen LogP contribution in [0.25, 0.3) is 0 Å². The van der Waals surface area contributed by atoms with Crippen molar-refractivity contribution in [3.8, 4) is 11.5 Å². The first-order valence-electron chi connectivity index (χ1n) is 8.96. The Bertz CT molecular complexity index is 605. The van der Waals surface area contributed by atoms with Crippen molar-refractivity contribution in [1.29, 1.82) is 0 Å². The molecular weight excluding hydrogens is 336 g/mol. The van der Waals surface area contributed by atoms with Gasteiger partial charge in [-0.15, -0.1) is 0 Å². The molecule has 7 nitrogen and oxygen atoms in total. The quantitative estimate of drug-likeness (QED) is 0.775. The molecule has 0 radical (unpaired) electrons. The van der Waals surface area contributed by atoms with E-state index in [4.69, 9.17) is 14.2 Å². The van der Waals surface area contributed by atoms with Crippen molar-refractivity contribution in [2.45, 2.75) is 20.3 Å². The van der Waals surface area contributed by atoms with E-state index in [0.29, 0.717) is 50.2 Å². The highest BCUT2D eigenvalue weighted by Gasteiger charge is 2.23. The van der Waals surface area contributed by atoms with E-state index in [1.165, 1.54) is 0 Å². The highest BCUT2D eigenvalue weighted by Crippen LogP contribution is 2.25. The van der Waals surface area contributed by atoms with Crippen LogP contribution in [-0.4, -0.2) is 68.3 Å². The second-order valence-electron chi connectivity index (χ2n) is 6.63. The maximum Gasteiger partial charge on any atom is 0.409 e. The zero-order valence-electron chi connectivity index (χ0n) is 15.8. The molecule has 1 saturated heterocycles. The van der Waals surface area contributed by atoms with Gasteiger partial charge in [0.2, 0.25) is 0 Å². The molecule has 0 bridgehead atoms. The molecule has 1 aliphatic heterocycles. The summed E-state index contributed by atoms with van der Waals surface area (Å²) < 4.78 is 16.1. The fourth-order valence-electron chi connectivity index (χ4n) is 2.65. The first kappa shape index (κ1) is 19.9. The van der Waals surface area contributed by atoms with Gasteiger partial charge in [0.15, 0.2) is 18.1 Å². The molecule has 1 aromatic carbocycles. The molecule has 0 atom stereocenters. The molecule has 1 aliphatic rings. The van der Waals surface area contributed by atoms with Gasteiger partial charge in [-0.1, -0.05) is 26.0 Å². The van der Waals surface area contributed by atoms with Gasteiger partial charge in [-0.2, -0.15) is 0 Å². The molecule has 2 amide bonds. The summed E-state index contributed by atoms with van der Waals surface area (Å²) in [5.41, 5.74) is 0. The Balaban J connectivity index is 1.82. The third kappa shape index (κ3) is 5.82. The smallest absolute Gasteiger partial charge is 0.409 e. The molecule has 0 N–H and O–H groups in total. The molecule has 0 aromatic heterocycles. The molecule has 0 spiro atoms. The summed E-state index contributed by atoms with van der Waals surface area (Å²) in [5.74, 6) is 1.33. The number of amides is 2.